The molecule has 0 aliphatic rings. The molecule has 0 aliphatic heterocycles. The van der Waals surface area contributed by atoms with Crippen molar-refractivity contribution >= 4 is 11.5 Å². The number of methoxy groups -OCH3 is 1. The molecular weight excluding hydrogens is 316 g/mol. The highest BCUT2D eigenvalue weighted by molar-refractivity contribution is 5.92. The first kappa shape index (κ1) is 18.6. The first-order chi connectivity index (χ1) is 12.1. The minimum Gasteiger partial charge on any atom is -0.492 e. The highest BCUT2D eigenvalue weighted by Crippen LogP contribution is 2.38. The fourth-order valence-corrected chi connectivity index (χ4v) is 2.52. The van der Waals surface area contributed by atoms with Crippen molar-refractivity contribution in [2.24, 2.45) is 0 Å². The van der Waals surface area contributed by atoms with E-state index < -0.39 is 0 Å². The molecule has 25 heavy (non-hydrogen) atoms. The summed E-state index contributed by atoms with van der Waals surface area (Å²) in [6.45, 7) is 6.40. The quantitative estimate of drug-likeness (QED) is 0.548. The van der Waals surface area contributed by atoms with Crippen LogP contribution in [0, 0.1) is 6.92 Å². The summed E-state index contributed by atoms with van der Waals surface area (Å²) in [6.07, 6.45) is 1.47. The van der Waals surface area contributed by atoms with Crippen molar-refractivity contribution < 1.29 is 19.0 Å². The monoisotopic (exact) mass is 340 g/mol. The summed E-state index contributed by atoms with van der Waals surface area (Å²) in [5.74, 6) is 0.934. The van der Waals surface area contributed by atoms with E-state index in [-0.39, 0.29) is 5.97 Å². The number of carbonyl (C=O) groups excluding carboxylic acids is 1. The Morgan fingerprint density at radius 1 is 1.08 bits per heavy atom. The zero-order chi connectivity index (χ0) is 18.2. The Morgan fingerprint density at radius 2 is 1.80 bits per heavy atom. The molecule has 0 radical (unpaired) electrons. The van der Waals surface area contributed by atoms with Crippen molar-refractivity contribution in [3.05, 3.63) is 65.2 Å². The van der Waals surface area contributed by atoms with Crippen LogP contribution in [0.15, 0.2) is 48.5 Å². The topological polar surface area (TPSA) is 44.8 Å². The minimum absolute atomic E-state index is 0.346. The molecule has 0 amide bonds. The number of ether oxygens (including phenoxy) is 3. The molecular formula is C21H24O4. The van der Waals surface area contributed by atoms with Gasteiger partial charge in [0, 0.05) is 11.6 Å². The molecule has 0 heterocycles. The van der Waals surface area contributed by atoms with E-state index in [2.05, 4.69) is 0 Å². The third kappa shape index (κ3) is 4.86. The Bertz CT molecular complexity index is 748. The lowest BCUT2D eigenvalue weighted by atomic mass is 10.0. The van der Waals surface area contributed by atoms with Gasteiger partial charge in [0.15, 0.2) is 11.5 Å². The summed E-state index contributed by atoms with van der Waals surface area (Å²) >= 11 is 0. The first-order valence-electron chi connectivity index (χ1n) is 8.26. The van der Waals surface area contributed by atoms with Crippen LogP contribution < -0.4 is 9.47 Å². The number of hydrogen-bond acceptors (Lipinski definition) is 4. The Hall–Kier alpha value is -2.75. The van der Waals surface area contributed by atoms with Gasteiger partial charge in [-0.3, -0.25) is 0 Å². The van der Waals surface area contributed by atoms with Gasteiger partial charge in [-0.25, -0.2) is 4.79 Å². The molecule has 0 N–H and O–H groups in total. The van der Waals surface area contributed by atoms with E-state index in [4.69, 9.17) is 14.2 Å². The van der Waals surface area contributed by atoms with Gasteiger partial charge in [-0.15, -0.1) is 0 Å². The second kappa shape index (κ2) is 8.92. The third-order valence-corrected chi connectivity index (χ3v) is 3.78. The average Bonchev–Trinajstić information content (AvgIpc) is 2.61. The van der Waals surface area contributed by atoms with Gasteiger partial charge in [-0.05, 0) is 37.5 Å². The lowest BCUT2D eigenvalue weighted by Gasteiger charge is -2.17. The maximum atomic E-state index is 11.7. The standard InChI is InChI=1S/C21H24O4/c1-5-24-19(22)13-16(3)18-12-11-15(2)20(21(18)23-4)25-14-17-9-7-6-8-10-17/h6-13H,5,14H2,1-4H3/b16-13+. The van der Waals surface area contributed by atoms with Gasteiger partial charge >= 0.3 is 5.97 Å². The number of esters is 1. The van der Waals surface area contributed by atoms with Gasteiger partial charge in [0.25, 0.3) is 0 Å². The van der Waals surface area contributed by atoms with E-state index in [9.17, 15) is 4.79 Å². The van der Waals surface area contributed by atoms with Gasteiger partial charge in [-0.1, -0.05) is 42.5 Å². The molecule has 2 rings (SSSR count). The smallest absolute Gasteiger partial charge is 0.331 e. The van der Waals surface area contributed by atoms with Gasteiger partial charge in [0.05, 0.1) is 13.7 Å². The second-order valence-electron chi connectivity index (χ2n) is 5.65. The van der Waals surface area contributed by atoms with Crippen LogP contribution in [-0.2, 0) is 16.1 Å². The fraction of sp³-hybridized carbons (Fsp3) is 0.286. The Balaban J connectivity index is 2.32. The van der Waals surface area contributed by atoms with Crippen LogP contribution in [0.3, 0.4) is 0 Å². The minimum atomic E-state index is -0.366. The largest absolute Gasteiger partial charge is 0.492 e. The van der Waals surface area contributed by atoms with E-state index in [1.165, 1.54) is 6.08 Å². The van der Waals surface area contributed by atoms with Gasteiger partial charge in [-0.2, -0.15) is 0 Å². The highest BCUT2D eigenvalue weighted by atomic mass is 16.5. The first-order valence-corrected chi connectivity index (χ1v) is 8.26. The van der Waals surface area contributed by atoms with Gasteiger partial charge in [0.1, 0.15) is 6.61 Å². The van der Waals surface area contributed by atoms with Crippen molar-refractivity contribution in [1.82, 2.24) is 0 Å². The molecule has 2 aromatic carbocycles. The SMILES string of the molecule is CCOC(=O)/C=C(\C)c1ccc(C)c(OCc2ccccc2)c1OC. The molecule has 0 saturated carbocycles. The van der Waals surface area contributed by atoms with E-state index in [1.54, 1.807) is 14.0 Å². The zero-order valence-corrected chi connectivity index (χ0v) is 15.2. The number of benzene rings is 2. The van der Waals surface area contributed by atoms with Crippen molar-refractivity contribution in [2.75, 3.05) is 13.7 Å². The maximum absolute atomic E-state index is 11.7. The maximum Gasteiger partial charge on any atom is 0.331 e. The van der Waals surface area contributed by atoms with Crippen molar-refractivity contribution in [3.8, 4) is 11.5 Å². The summed E-state index contributed by atoms with van der Waals surface area (Å²) in [6, 6.07) is 13.8. The van der Waals surface area contributed by atoms with Crippen LogP contribution in [0.4, 0.5) is 0 Å². The number of allylic oxidation sites excluding steroid dienone is 1. The van der Waals surface area contributed by atoms with Crippen LogP contribution >= 0.6 is 0 Å². The molecule has 0 saturated heterocycles. The van der Waals surface area contributed by atoms with E-state index in [1.807, 2.05) is 56.3 Å². The third-order valence-electron chi connectivity index (χ3n) is 3.78. The molecule has 4 heteroatoms. The molecule has 0 spiro atoms. The van der Waals surface area contributed by atoms with Crippen LogP contribution in [0.2, 0.25) is 0 Å². The lowest BCUT2D eigenvalue weighted by molar-refractivity contribution is -0.137. The van der Waals surface area contributed by atoms with Crippen molar-refractivity contribution in [2.45, 2.75) is 27.4 Å². The van der Waals surface area contributed by atoms with E-state index in [0.29, 0.717) is 24.7 Å². The van der Waals surface area contributed by atoms with E-state index >= 15 is 0 Å². The van der Waals surface area contributed by atoms with Gasteiger partial charge in [0.2, 0.25) is 0 Å². The van der Waals surface area contributed by atoms with E-state index in [0.717, 1.165) is 22.3 Å². The van der Waals surface area contributed by atoms with Crippen LogP contribution in [0.1, 0.15) is 30.5 Å². The summed E-state index contributed by atoms with van der Waals surface area (Å²) in [7, 11) is 1.60. The Kier molecular flexibility index (Phi) is 6.63. The average molecular weight is 340 g/mol. The number of hydrogen-bond donors (Lipinski definition) is 0. The molecule has 0 aliphatic carbocycles. The van der Waals surface area contributed by atoms with Gasteiger partial charge < -0.3 is 14.2 Å². The lowest BCUT2D eigenvalue weighted by Crippen LogP contribution is -2.03. The molecule has 0 fully saturated rings. The summed E-state index contributed by atoms with van der Waals surface area (Å²) < 4.78 is 16.6. The molecule has 2 aromatic rings. The number of aryl methyl sites for hydroxylation is 1. The summed E-state index contributed by atoms with van der Waals surface area (Å²) in [4.78, 5) is 11.7. The van der Waals surface area contributed by atoms with Crippen LogP contribution in [0.25, 0.3) is 5.57 Å². The van der Waals surface area contributed by atoms with Crippen LogP contribution in [0.5, 0.6) is 11.5 Å². The highest BCUT2D eigenvalue weighted by Gasteiger charge is 2.16. The Morgan fingerprint density at radius 3 is 2.44 bits per heavy atom. The molecule has 132 valence electrons. The van der Waals surface area contributed by atoms with Crippen molar-refractivity contribution in [1.29, 1.82) is 0 Å². The zero-order valence-electron chi connectivity index (χ0n) is 15.2. The second-order valence-corrected chi connectivity index (χ2v) is 5.65. The summed E-state index contributed by atoms with van der Waals surface area (Å²) in [5.41, 5.74) is 3.62. The predicted octanol–water partition coefficient (Wildman–Crippen LogP) is 4.55. The normalized spacial score (nSPS) is 11.1. The fourth-order valence-electron chi connectivity index (χ4n) is 2.52. The Labute approximate surface area is 149 Å². The summed E-state index contributed by atoms with van der Waals surface area (Å²) in [5, 5.41) is 0. The molecule has 4 nitrogen and oxygen atoms in total. The van der Waals surface area contributed by atoms with Crippen molar-refractivity contribution in [3.63, 3.8) is 0 Å². The molecule has 0 aromatic heterocycles. The molecule has 0 bridgehead atoms. The predicted molar refractivity (Wildman–Crippen MR) is 98.8 cm³/mol. The molecule has 0 unspecified atom stereocenters. The number of rotatable bonds is 7. The van der Waals surface area contributed by atoms with Crippen LogP contribution in [-0.4, -0.2) is 19.7 Å². The number of carbonyl (C=O) groups is 1. The molecule has 0 atom stereocenters.